The van der Waals surface area contributed by atoms with Crippen LogP contribution in [0.5, 0.6) is 0 Å². The first-order valence-electron chi connectivity index (χ1n) is 7.35. The Balaban J connectivity index is 2.06. The minimum Gasteiger partial charge on any atom is -0.363 e. The van der Waals surface area contributed by atoms with Crippen LogP contribution in [0.25, 0.3) is 0 Å². The molecule has 1 aromatic heterocycles. The highest BCUT2D eigenvalue weighted by molar-refractivity contribution is 9.10. The van der Waals surface area contributed by atoms with Crippen LogP contribution in [0.15, 0.2) is 45.6 Å². The maximum absolute atomic E-state index is 12.7. The first-order chi connectivity index (χ1) is 11.5. The second-order valence-electron chi connectivity index (χ2n) is 5.47. The van der Waals surface area contributed by atoms with Crippen molar-refractivity contribution < 1.29 is 14.1 Å². The molecular formula is C16H19BrN4O3. The van der Waals surface area contributed by atoms with Crippen molar-refractivity contribution in [3.8, 4) is 0 Å². The van der Waals surface area contributed by atoms with Gasteiger partial charge >= 0.3 is 0 Å². The highest BCUT2D eigenvalue weighted by Gasteiger charge is 2.19. The number of benzene rings is 1. The first kappa shape index (κ1) is 18.2. The summed E-state index contributed by atoms with van der Waals surface area (Å²) in [7, 11) is 3.83. The molecule has 1 N–H and O–H groups in total. The topological polar surface area (TPSA) is 78.7 Å². The normalized spacial score (nSPS) is 10.7. The molecule has 1 aromatic carbocycles. The summed E-state index contributed by atoms with van der Waals surface area (Å²) in [5, 5.41) is 6.22. The van der Waals surface area contributed by atoms with Gasteiger partial charge in [0.2, 0.25) is 5.91 Å². The highest BCUT2D eigenvalue weighted by atomic mass is 79.9. The molecule has 1 heterocycles. The van der Waals surface area contributed by atoms with Crippen molar-refractivity contribution in [2.75, 3.05) is 39.0 Å². The van der Waals surface area contributed by atoms with E-state index in [0.29, 0.717) is 24.5 Å². The van der Waals surface area contributed by atoms with E-state index in [1.54, 1.807) is 30.3 Å². The quantitative estimate of drug-likeness (QED) is 0.777. The summed E-state index contributed by atoms with van der Waals surface area (Å²) >= 11 is 3.34. The summed E-state index contributed by atoms with van der Waals surface area (Å²) in [4.78, 5) is 28.3. The van der Waals surface area contributed by atoms with Crippen LogP contribution in [-0.2, 0) is 4.79 Å². The second kappa shape index (κ2) is 8.60. The minimum absolute atomic E-state index is 0.0599. The maximum atomic E-state index is 12.7. The molecule has 0 saturated heterocycles. The summed E-state index contributed by atoms with van der Waals surface area (Å²) in [5.41, 5.74) is 0.534. The molecule has 0 saturated carbocycles. The molecule has 0 atom stereocenters. The zero-order valence-corrected chi connectivity index (χ0v) is 15.1. The van der Waals surface area contributed by atoms with Crippen LogP contribution < -0.4 is 5.32 Å². The Labute approximate surface area is 148 Å². The molecule has 2 rings (SSSR count). The number of halogens is 1. The third kappa shape index (κ3) is 5.47. The zero-order valence-electron chi connectivity index (χ0n) is 13.5. The van der Waals surface area contributed by atoms with Gasteiger partial charge in [-0.3, -0.25) is 9.59 Å². The van der Waals surface area contributed by atoms with Gasteiger partial charge in [-0.25, -0.2) is 0 Å². The van der Waals surface area contributed by atoms with Crippen molar-refractivity contribution in [2.24, 2.45) is 0 Å². The summed E-state index contributed by atoms with van der Waals surface area (Å²) in [6.07, 6.45) is 1.37. The van der Waals surface area contributed by atoms with Gasteiger partial charge in [0, 0.05) is 29.2 Å². The van der Waals surface area contributed by atoms with E-state index >= 15 is 0 Å². The molecule has 0 aliphatic rings. The molecular weight excluding hydrogens is 376 g/mol. The van der Waals surface area contributed by atoms with Crippen LogP contribution in [0.3, 0.4) is 0 Å². The number of nitrogens with zero attached hydrogens (tertiary/aromatic N) is 3. The molecule has 2 aromatic rings. The van der Waals surface area contributed by atoms with Crippen LogP contribution >= 0.6 is 15.9 Å². The van der Waals surface area contributed by atoms with Crippen LogP contribution in [-0.4, -0.2) is 60.5 Å². The molecule has 0 fully saturated rings. The lowest BCUT2D eigenvalue weighted by atomic mass is 10.2. The van der Waals surface area contributed by atoms with E-state index in [9.17, 15) is 9.59 Å². The minimum atomic E-state index is -0.326. The van der Waals surface area contributed by atoms with Gasteiger partial charge in [0.25, 0.3) is 5.91 Å². The van der Waals surface area contributed by atoms with E-state index in [4.69, 9.17) is 0 Å². The van der Waals surface area contributed by atoms with E-state index in [1.165, 1.54) is 11.2 Å². The number of aromatic nitrogens is 1. The van der Waals surface area contributed by atoms with Crippen molar-refractivity contribution in [3.05, 3.63) is 46.6 Å². The summed E-state index contributed by atoms with van der Waals surface area (Å²) < 4.78 is 5.56. The Kier molecular flexibility index (Phi) is 6.51. The van der Waals surface area contributed by atoms with Crippen LogP contribution in [0.2, 0.25) is 0 Å². The number of rotatable bonds is 7. The maximum Gasteiger partial charge on any atom is 0.254 e. The Hall–Kier alpha value is -2.19. The molecule has 24 heavy (non-hydrogen) atoms. The number of likely N-dealkylation sites (N-methyl/N-ethyl adjacent to an activating group) is 1. The summed E-state index contributed by atoms with van der Waals surface area (Å²) in [6, 6.07) is 8.59. The number of amides is 2. The monoisotopic (exact) mass is 394 g/mol. The van der Waals surface area contributed by atoms with E-state index < -0.39 is 0 Å². The molecule has 2 amide bonds. The van der Waals surface area contributed by atoms with Crippen LogP contribution in [0, 0.1) is 0 Å². The van der Waals surface area contributed by atoms with Gasteiger partial charge in [-0.1, -0.05) is 21.1 Å². The lowest BCUT2D eigenvalue weighted by Crippen LogP contribution is -2.41. The lowest BCUT2D eigenvalue weighted by Gasteiger charge is -2.24. The van der Waals surface area contributed by atoms with Crippen LogP contribution in [0.1, 0.15) is 10.4 Å². The Morgan fingerprint density at radius 3 is 2.46 bits per heavy atom. The van der Waals surface area contributed by atoms with Gasteiger partial charge in [0.15, 0.2) is 5.82 Å². The molecule has 0 aliphatic heterocycles. The van der Waals surface area contributed by atoms with E-state index in [1.807, 2.05) is 19.0 Å². The average molecular weight is 395 g/mol. The lowest BCUT2D eigenvalue weighted by molar-refractivity contribution is -0.117. The van der Waals surface area contributed by atoms with E-state index in [2.05, 4.69) is 30.9 Å². The standard InChI is InChI=1S/C16H19BrN4O3/c1-20(2)8-9-21(11-15(22)18-14-7-10-24-19-14)16(23)12-3-5-13(17)6-4-12/h3-7,10H,8-9,11H2,1-2H3,(H,18,19,22). The Morgan fingerprint density at radius 1 is 1.17 bits per heavy atom. The number of nitrogens with one attached hydrogen (secondary N) is 1. The van der Waals surface area contributed by atoms with E-state index in [0.717, 1.165) is 4.47 Å². The van der Waals surface area contributed by atoms with Crippen molar-refractivity contribution in [1.82, 2.24) is 15.0 Å². The Morgan fingerprint density at radius 2 is 1.88 bits per heavy atom. The molecule has 0 unspecified atom stereocenters. The van der Waals surface area contributed by atoms with Crippen molar-refractivity contribution in [3.63, 3.8) is 0 Å². The third-order valence-corrected chi connectivity index (χ3v) is 3.76. The van der Waals surface area contributed by atoms with Gasteiger partial charge in [0.05, 0.1) is 0 Å². The van der Waals surface area contributed by atoms with Gasteiger partial charge in [-0.05, 0) is 38.4 Å². The number of anilines is 1. The number of carbonyl (C=O) groups is 2. The summed E-state index contributed by atoms with van der Waals surface area (Å²) in [6.45, 7) is 1.03. The zero-order chi connectivity index (χ0) is 17.5. The number of carbonyl (C=O) groups excluding carboxylic acids is 2. The number of hydrogen-bond acceptors (Lipinski definition) is 5. The van der Waals surface area contributed by atoms with Crippen molar-refractivity contribution >= 4 is 33.6 Å². The van der Waals surface area contributed by atoms with Gasteiger partial charge in [-0.2, -0.15) is 0 Å². The second-order valence-corrected chi connectivity index (χ2v) is 6.39. The molecule has 7 nitrogen and oxygen atoms in total. The molecule has 8 heteroatoms. The van der Waals surface area contributed by atoms with Gasteiger partial charge in [0.1, 0.15) is 12.8 Å². The first-order valence-corrected chi connectivity index (χ1v) is 8.15. The summed E-state index contributed by atoms with van der Waals surface area (Å²) in [5.74, 6) is -0.198. The predicted octanol–water partition coefficient (Wildman–Crippen LogP) is 2.08. The van der Waals surface area contributed by atoms with Gasteiger partial charge < -0.3 is 19.6 Å². The molecule has 0 radical (unpaired) electrons. The van der Waals surface area contributed by atoms with Crippen molar-refractivity contribution in [2.45, 2.75) is 0 Å². The fourth-order valence-corrected chi connectivity index (χ4v) is 2.25. The van der Waals surface area contributed by atoms with Crippen LogP contribution in [0.4, 0.5) is 5.82 Å². The molecule has 0 spiro atoms. The van der Waals surface area contributed by atoms with Crippen molar-refractivity contribution in [1.29, 1.82) is 0 Å². The number of hydrogen-bond donors (Lipinski definition) is 1. The molecule has 0 aliphatic carbocycles. The molecule has 128 valence electrons. The third-order valence-electron chi connectivity index (χ3n) is 3.24. The van der Waals surface area contributed by atoms with Gasteiger partial charge in [-0.15, -0.1) is 0 Å². The Bertz CT molecular complexity index is 671. The smallest absolute Gasteiger partial charge is 0.254 e. The predicted molar refractivity (Wildman–Crippen MR) is 93.7 cm³/mol. The fraction of sp³-hybridized carbons (Fsp3) is 0.312. The molecule has 0 bridgehead atoms. The fourth-order valence-electron chi connectivity index (χ4n) is 1.98. The highest BCUT2D eigenvalue weighted by Crippen LogP contribution is 2.12. The average Bonchev–Trinajstić information content (AvgIpc) is 3.04. The van der Waals surface area contributed by atoms with E-state index in [-0.39, 0.29) is 18.4 Å². The largest absolute Gasteiger partial charge is 0.363 e. The SMILES string of the molecule is CN(C)CCN(CC(=O)Nc1ccon1)C(=O)c1ccc(Br)cc1.